The first kappa shape index (κ1) is 10.2. The topological polar surface area (TPSA) is 21.3 Å². The van der Waals surface area contributed by atoms with Crippen molar-refractivity contribution in [3.05, 3.63) is 35.6 Å². The van der Waals surface area contributed by atoms with Crippen molar-refractivity contribution in [2.75, 3.05) is 13.7 Å². The van der Waals surface area contributed by atoms with Gasteiger partial charge in [-0.3, -0.25) is 0 Å². The molecule has 0 spiro atoms. The fraction of sp³-hybridized carbons (Fsp3) is 0.400. The van der Waals surface area contributed by atoms with Gasteiger partial charge in [0.1, 0.15) is 5.82 Å². The Hall–Kier alpha value is -0.930. The Balaban J connectivity index is 2.32. The van der Waals surface area contributed by atoms with Crippen LogP contribution in [0.1, 0.15) is 12.0 Å². The molecule has 3 heteroatoms. The van der Waals surface area contributed by atoms with Gasteiger partial charge in [0.05, 0.1) is 6.61 Å². The van der Waals surface area contributed by atoms with E-state index in [-0.39, 0.29) is 5.82 Å². The third kappa shape index (κ3) is 3.53. The molecule has 2 nitrogen and oxygen atoms in total. The second-order valence-corrected chi connectivity index (χ2v) is 2.75. The van der Waals surface area contributed by atoms with E-state index < -0.39 is 0 Å². The largest absolute Gasteiger partial charge is 0.302 e. The summed E-state index contributed by atoms with van der Waals surface area (Å²) in [6.07, 6.45) is 1.54. The maximum absolute atomic E-state index is 13.0. The van der Waals surface area contributed by atoms with Crippen molar-refractivity contribution in [1.82, 2.24) is 5.48 Å². The van der Waals surface area contributed by atoms with E-state index >= 15 is 0 Å². The summed E-state index contributed by atoms with van der Waals surface area (Å²) in [5.41, 5.74) is 3.33. The molecule has 0 aliphatic heterocycles. The third-order valence-corrected chi connectivity index (χ3v) is 1.79. The minimum absolute atomic E-state index is 0.132. The highest BCUT2D eigenvalue weighted by molar-refractivity contribution is 5.17. The molecule has 0 heterocycles. The highest BCUT2D eigenvalue weighted by Crippen LogP contribution is 2.08. The second-order valence-electron chi connectivity index (χ2n) is 2.75. The van der Waals surface area contributed by atoms with Crippen LogP contribution in [0.5, 0.6) is 0 Å². The van der Waals surface area contributed by atoms with Gasteiger partial charge in [-0.05, 0) is 24.5 Å². The van der Waals surface area contributed by atoms with Crippen LogP contribution >= 0.6 is 0 Å². The third-order valence-electron chi connectivity index (χ3n) is 1.79. The zero-order valence-corrected chi connectivity index (χ0v) is 7.72. The van der Waals surface area contributed by atoms with E-state index in [2.05, 4.69) is 5.48 Å². The summed E-state index contributed by atoms with van der Waals surface area (Å²) in [6.45, 7) is 0.602. The van der Waals surface area contributed by atoms with E-state index in [4.69, 9.17) is 4.84 Å². The Bertz CT molecular complexity index is 252. The summed E-state index contributed by atoms with van der Waals surface area (Å²) in [4.78, 5) is 4.92. The Kier molecular flexibility index (Phi) is 4.43. The maximum atomic E-state index is 13.0. The summed E-state index contributed by atoms with van der Waals surface area (Å²) >= 11 is 0. The molecule has 0 atom stereocenters. The van der Waals surface area contributed by atoms with Crippen LogP contribution < -0.4 is 5.48 Å². The standard InChI is InChI=1S/C10H14FNO/c1-12-13-8-4-6-9-5-2-3-7-10(9)11/h2-3,5,7,12H,4,6,8H2,1H3. The number of halogens is 1. The van der Waals surface area contributed by atoms with Crippen LogP contribution in [0.2, 0.25) is 0 Å². The lowest BCUT2D eigenvalue weighted by atomic mass is 10.1. The number of benzene rings is 1. The van der Waals surface area contributed by atoms with Crippen LogP contribution in [0.3, 0.4) is 0 Å². The van der Waals surface area contributed by atoms with Gasteiger partial charge in [0.15, 0.2) is 0 Å². The SMILES string of the molecule is CNOCCCc1ccccc1F. The van der Waals surface area contributed by atoms with Gasteiger partial charge in [0.2, 0.25) is 0 Å². The molecule has 1 aromatic rings. The quantitative estimate of drug-likeness (QED) is 0.556. The summed E-state index contributed by atoms with van der Waals surface area (Å²) < 4.78 is 13.0. The molecule has 0 saturated heterocycles. The van der Waals surface area contributed by atoms with Crippen molar-refractivity contribution in [1.29, 1.82) is 0 Å². The van der Waals surface area contributed by atoms with Crippen LogP contribution in [0.15, 0.2) is 24.3 Å². The molecule has 13 heavy (non-hydrogen) atoms. The molecule has 72 valence electrons. The first-order chi connectivity index (χ1) is 6.34. The van der Waals surface area contributed by atoms with Crippen LogP contribution in [0, 0.1) is 5.82 Å². The Labute approximate surface area is 77.7 Å². The van der Waals surface area contributed by atoms with Gasteiger partial charge in [-0.1, -0.05) is 18.2 Å². The lowest BCUT2D eigenvalue weighted by Gasteiger charge is -2.02. The fourth-order valence-electron chi connectivity index (χ4n) is 1.14. The van der Waals surface area contributed by atoms with Crippen molar-refractivity contribution in [2.24, 2.45) is 0 Å². The number of rotatable bonds is 5. The summed E-state index contributed by atoms with van der Waals surface area (Å²) in [7, 11) is 1.71. The number of nitrogens with one attached hydrogen (secondary N) is 1. The highest BCUT2D eigenvalue weighted by atomic mass is 19.1. The molecule has 0 fully saturated rings. The summed E-state index contributed by atoms with van der Waals surface area (Å²) in [5.74, 6) is -0.132. The highest BCUT2D eigenvalue weighted by Gasteiger charge is 1.99. The molecular formula is C10H14FNO. The minimum Gasteiger partial charge on any atom is -0.302 e. The first-order valence-electron chi connectivity index (χ1n) is 4.36. The van der Waals surface area contributed by atoms with Gasteiger partial charge in [0, 0.05) is 7.05 Å². The molecule has 1 N–H and O–H groups in total. The number of hydrogen-bond acceptors (Lipinski definition) is 2. The Morgan fingerprint density at radius 2 is 2.15 bits per heavy atom. The van der Waals surface area contributed by atoms with E-state index in [1.54, 1.807) is 19.2 Å². The van der Waals surface area contributed by atoms with Crippen molar-refractivity contribution in [3.8, 4) is 0 Å². The molecule has 0 unspecified atom stereocenters. The number of aryl methyl sites for hydroxylation is 1. The molecule has 0 aromatic heterocycles. The molecular weight excluding hydrogens is 169 g/mol. The van der Waals surface area contributed by atoms with Crippen molar-refractivity contribution < 1.29 is 9.23 Å². The maximum Gasteiger partial charge on any atom is 0.126 e. The van der Waals surface area contributed by atoms with E-state index in [1.165, 1.54) is 6.07 Å². The predicted octanol–water partition coefficient (Wildman–Crippen LogP) is 1.91. The van der Waals surface area contributed by atoms with Crippen molar-refractivity contribution in [2.45, 2.75) is 12.8 Å². The normalized spacial score (nSPS) is 10.3. The zero-order valence-electron chi connectivity index (χ0n) is 7.72. The van der Waals surface area contributed by atoms with Crippen LogP contribution in [-0.2, 0) is 11.3 Å². The van der Waals surface area contributed by atoms with Crippen molar-refractivity contribution >= 4 is 0 Å². The van der Waals surface area contributed by atoms with Crippen LogP contribution in [0.25, 0.3) is 0 Å². The Morgan fingerprint density at radius 1 is 1.38 bits per heavy atom. The summed E-state index contributed by atoms with van der Waals surface area (Å²) in [5, 5.41) is 0. The lowest BCUT2D eigenvalue weighted by molar-refractivity contribution is 0.0563. The summed E-state index contributed by atoms with van der Waals surface area (Å²) in [6, 6.07) is 6.82. The van der Waals surface area contributed by atoms with E-state index in [0.29, 0.717) is 13.0 Å². The molecule has 0 bridgehead atoms. The molecule has 0 saturated carbocycles. The van der Waals surface area contributed by atoms with Gasteiger partial charge >= 0.3 is 0 Å². The average molecular weight is 183 g/mol. The van der Waals surface area contributed by atoms with Gasteiger partial charge in [-0.15, -0.1) is 0 Å². The number of hydrogen-bond donors (Lipinski definition) is 1. The molecule has 0 radical (unpaired) electrons. The van der Waals surface area contributed by atoms with Gasteiger partial charge in [0.25, 0.3) is 0 Å². The average Bonchev–Trinajstić information content (AvgIpc) is 2.15. The Morgan fingerprint density at radius 3 is 2.85 bits per heavy atom. The predicted molar refractivity (Wildman–Crippen MR) is 49.7 cm³/mol. The first-order valence-corrected chi connectivity index (χ1v) is 4.36. The minimum atomic E-state index is -0.132. The second kappa shape index (κ2) is 5.67. The van der Waals surface area contributed by atoms with Crippen LogP contribution in [-0.4, -0.2) is 13.7 Å². The van der Waals surface area contributed by atoms with E-state index in [1.807, 2.05) is 6.07 Å². The zero-order chi connectivity index (χ0) is 9.52. The molecule has 0 amide bonds. The smallest absolute Gasteiger partial charge is 0.126 e. The molecule has 1 rings (SSSR count). The van der Waals surface area contributed by atoms with Crippen molar-refractivity contribution in [3.63, 3.8) is 0 Å². The molecule has 0 aliphatic carbocycles. The van der Waals surface area contributed by atoms with Gasteiger partial charge in [-0.2, -0.15) is 0 Å². The fourth-order valence-corrected chi connectivity index (χ4v) is 1.14. The van der Waals surface area contributed by atoms with Gasteiger partial charge in [-0.25, -0.2) is 9.87 Å². The monoisotopic (exact) mass is 183 g/mol. The molecule has 1 aromatic carbocycles. The molecule has 0 aliphatic rings. The van der Waals surface area contributed by atoms with Gasteiger partial charge < -0.3 is 4.84 Å². The number of hydroxylamine groups is 1. The van der Waals surface area contributed by atoms with Crippen LogP contribution in [0.4, 0.5) is 4.39 Å². The lowest BCUT2D eigenvalue weighted by Crippen LogP contribution is -2.09. The van der Waals surface area contributed by atoms with E-state index in [9.17, 15) is 4.39 Å². The van der Waals surface area contributed by atoms with E-state index in [0.717, 1.165) is 12.0 Å².